The Labute approximate surface area is 181 Å². The zero-order valence-corrected chi connectivity index (χ0v) is 19.9. The number of nitrogens with zero attached hydrogens (tertiary/aromatic N) is 1. The van der Waals surface area contributed by atoms with E-state index >= 15 is 0 Å². The minimum atomic E-state index is -0.611. The third-order valence-electron chi connectivity index (χ3n) is 4.23. The number of hydrogen-bond donors (Lipinski definition) is 2. The molecule has 2 atom stereocenters. The lowest BCUT2D eigenvalue weighted by Gasteiger charge is -2.30. The number of urea groups is 1. The molecule has 2 unspecified atom stereocenters. The molecule has 0 radical (unpaired) electrons. The molecule has 1 rings (SSSR count). The summed E-state index contributed by atoms with van der Waals surface area (Å²) in [7, 11) is 2.68. The van der Waals surface area contributed by atoms with Crippen molar-refractivity contribution in [1.82, 2.24) is 10.2 Å². The van der Waals surface area contributed by atoms with Crippen molar-refractivity contribution in [3.63, 3.8) is 0 Å². The quantitative estimate of drug-likeness (QED) is 0.638. The predicted octanol–water partition coefficient (Wildman–Crippen LogP) is 1.93. The molecule has 3 N–H and O–H groups in total. The second-order valence-electron chi connectivity index (χ2n) is 9.78. The number of morpholine rings is 1. The Morgan fingerprint density at radius 3 is 1.80 bits per heavy atom. The molecule has 0 spiro atoms. The van der Waals surface area contributed by atoms with Gasteiger partial charge in [0.05, 0.1) is 27.4 Å². The van der Waals surface area contributed by atoms with Crippen LogP contribution in [-0.4, -0.2) is 75.5 Å². The van der Waals surface area contributed by atoms with Gasteiger partial charge >= 0.3 is 18.0 Å². The smallest absolute Gasteiger partial charge is 0.328 e. The Morgan fingerprint density at radius 1 is 0.933 bits per heavy atom. The van der Waals surface area contributed by atoms with Crippen LogP contribution in [0.5, 0.6) is 0 Å². The summed E-state index contributed by atoms with van der Waals surface area (Å²) < 4.78 is 14.4. The van der Waals surface area contributed by atoms with E-state index in [-0.39, 0.29) is 22.8 Å². The lowest BCUT2D eigenvalue weighted by Crippen LogP contribution is -2.52. The first-order valence-electron chi connectivity index (χ1n) is 10.2. The number of esters is 2. The summed E-state index contributed by atoms with van der Waals surface area (Å²) in [5.41, 5.74) is 5.54. The molecule has 1 aliphatic rings. The summed E-state index contributed by atoms with van der Waals surface area (Å²) in [4.78, 5) is 36.3. The average Bonchev–Trinajstić information content (AvgIpc) is 2.64. The van der Waals surface area contributed by atoms with Crippen LogP contribution in [0, 0.1) is 10.8 Å². The summed E-state index contributed by atoms with van der Waals surface area (Å²) in [6.07, 6.45) is 1.19. The van der Waals surface area contributed by atoms with Crippen LogP contribution in [0.1, 0.15) is 54.4 Å². The number of hydrogen-bond acceptors (Lipinski definition) is 7. The van der Waals surface area contributed by atoms with Crippen molar-refractivity contribution in [3.8, 4) is 0 Å². The summed E-state index contributed by atoms with van der Waals surface area (Å²) in [5, 5.41) is 2.75. The first-order chi connectivity index (χ1) is 13.7. The highest BCUT2D eigenvalue weighted by Crippen LogP contribution is 2.21. The molecule has 9 nitrogen and oxygen atoms in total. The number of carbonyl (C=O) groups excluding carboxylic acids is 3. The molecule has 0 aromatic heterocycles. The molecule has 0 aromatic rings. The molecule has 1 aliphatic heterocycles. The molecule has 0 aromatic carbocycles. The normalized spacial score (nSPS) is 16.5. The number of methoxy groups -OCH3 is 2. The number of nitrogens with two attached hydrogens (primary N) is 1. The number of nitrogens with one attached hydrogen (secondary N) is 1. The van der Waals surface area contributed by atoms with E-state index in [1.165, 1.54) is 14.2 Å². The van der Waals surface area contributed by atoms with Crippen molar-refractivity contribution in [2.75, 3.05) is 40.5 Å². The lowest BCUT2D eigenvalue weighted by molar-refractivity contribution is -0.144. The van der Waals surface area contributed by atoms with Gasteiger partial charge in [0, 0.05) is 13.1 Å². The van der Waals surface area contributed by atoms with Crippen LogP contribution in [-0.2, 0) is 23.8 Å². The first-order valence-corrected chi connectivity index (χ1v) is 10.2. The second kappa shape index (κ2) is 12.7. The molecule has 0 bridgehead atoms. The number of ether oxygens (including phenoxy) is 3. The third-order valence-corrected chi connectivity index (χ3v) is 4.23. The zero-order valence-electron chi connectivity index (χ0n) is 19.9. The Balaban J connectivity index is 0.000000654. The highest BCUT2D eigenvalue weighted by atomic mass is 16.5. The maximum atomic E-state index is 12.1. The van der Waals surface area contributed by atoms with Gasteiger partial charge in [0.15, 0.2) is 0 Å². The maximum absolute atomic E-state index is 12.1. The molecule has 2 amide bonds. The molecule has 0 saturated carbocycles. The lowest BCUT2D eigenvalue weighted by atomic mass is 9.88. The standard InChI is InChI=1S/C13H24N2O4.C8H17NO2/c1-13(2,3)9-10(11(16)18-4)14-12(17)15-5-7-19-8-6-15;1-8(2,3)5-6(9)7(10)11-4/h10H,5-9H2,1-4H3,(H,14,17);6H,5,9H2,1-4H3. The second-order valence-corrected chi connectivity index (χ2v) is 9.78. The molecule has 9 heteroatoms. The largest absolute Gasteiger partial charge is 0.468 e. The van der Waals surface area contributed by atoms with Crippen molar-refractivity contribution < 1.29 is 28.6 Å². The number of amides is 2. The minimum absolute atomic E-state index is 0.0723. The Bertz CT molecular complexity index is 548. The van der Waals surface area contributed by atoms with Gasteiger partial charge < -0.3 is 30.2 Å². The van der Waals surface area contributed by atoms with Gasteiger partial charge in [-0.3, -0.25) is 4.79 Å². The summed E-state index contributed by atoms with van der Waals surface area (Å²) in [6, 6.07) is -1.33. The molecular formula is C21H41N3O6. The number of carbonyl (C=O) groups is 3. The fourth-order valence-corrected chi connectivity index (χ4v) is 2.85. The molecular weight excluding hydrogens is 390 g/mol. The van der Waals surface area contributed by atoms with Crippen molar-refractivity contribution in [2.24, 2.45) is 16.6 Å². The highest BCUT2D eigenvalue weighted by molar-refractivity contribution is 5.83. The van der Waals surface area contributed by atoms with Crippen LogP contribution in [0.3, 0.4) is 0 Å². The van der Waals surface area contributed by atoms with Gasteiger partial charge in [-0.05, 0) is 23.7 Å². The molecule has 1 heterocycles. The van der Waals surface area contributed by atoms with Crippen LogP contribution >= 0.6 is 0 Å². The Kier molecular flexibility index (Phi) is 11.9. The van der Waals surface area contributed by atoms with Gasteiger partial charge in [-0.25, -0.2) is 9.59 Å². The van der Waals surface area contributed by atoms with Crippen LogP contribution in [0.4, 0.5) is 4.79 Å². The SMILES string of the molecule is COC(=O)C(CC(C)(C)C)NC(=O)N1CCOCC1.COC(=O)C(N)CC(C)(C)C. The summed E-state index contributed by atoms with van der Waals surface area (Å²) in [6.45, 7) is 14.3. The van der Waals surface area contributed by atoms with Crippen molar-refractivity contribution in [3.05, 3.63) is 0 Å². The van der Waals surface area contributed by atoms with Crippen LogP contribution in [0.25, 0.3) is 0 Å². The molecule has 1 saturated heterocycles. The van der Waals surface area contributed by atoms with Gasteiger partial charge in [-0.1, -0.05) is 41.5 Å². The fraction of sp³-hybridized carbons (Fsp3) is 0.857. The molecule has 0 aliphatic carbocycles. The first kappa shape index (κ1) is 28.1. The van der Waals surface area contributed by atoms with Gasteiger partial charge in [-0.15, -0.1) is 0 Å². The van der Waals surface area contributed by atoms with E-state index < -0.39 is 18.1 Å². The van der Waals surface area contributed by atoms with Gasteiger partial charge in [0.25, 0.3) is 0 Å². The summed E-state index contributed by atoms with van der Waals surface area (Å²) >= 11 is 0. The number of rotatable bonds is 5. The monoisotopic (exact) mass is 431 g/mol. The predicted molar refractivity (Wildman–Crippen MR) is 115 cm³/mol. The van der Waals surface area contributed by atoms with Crippen molar-refractivity contribution in [1.29, 1.82) is 0 Å². The van der Waals surface area contributed by atoms with E-state index in [2.05, 4.69) is 10.1 Å². The van der Waals surface area contributed by atoms with E-state index in [1.807, 2.05) is 41.5 Å². The van der Waals surface area contributed by atoms with Crippen molar-refractivity contribution >= 4 is 18.0 Å². The molecule has 1 fully saturated rings. The molecule has 30 heavy (non-hydrogen) atoms. The van der Waals surface area contributed by atoms with E-state index in [4.69, 9.17) is 15.2 Å². The van der Waals surface area contributed by atoms with E-state index in [1.54, 1.807) is 4.90 Å². The van der Waals surface area contributed by atoms with Crippen LogP contribution < -0.4 is 11.1 Å². The minimum Gasteiger partial charge on any atom is -0.468 e. The molecule has 176 valence electrons. The van der Waals surface area contributed by atoms with Gasteiger partial charge in [0.2, 0.25) is 0 Å². The van der Waals surface area contributed by atoms with Crippen LogP contribution in [0.15, 0.2) is 0 Å². The van der Waals surface area contributed by atoms with Gasteiger partial charge in [0.1, 0.15) is 12.1 Å². The summed E-state index contributed by atoms with van der Waals surface area (Å²) in [5.74, 6) is -0.739. The Hall–Kier alpha value is -1.87. The van der Waals surface area contributed by atoms with Gasteiger partial charge in [-0.2, -0.15) is 0 Å². The third kappa shape index (κ3) is 12.6. The van der Waals surface area contributed by atoms with E-state index in [0.717, 1.165) is 0 Å². The van der Waals surface area contributed by atoms with E-state index in [9.17, 15) is 14.4 Å². The Morgan fingerprint density at radius 2 is 1.40 bits per heavy atom. The maximum Gasteiger partial charge on any atom is 0.328 e. The average molecular weight is 432 g/mol. The topological polar surface area (TPSA) is 120 Å². The highest BCUT2D eigenvalue weighted by Gasteiger charge is 2.29. The zero-order chi connectivity index (χ0) is 23.5. The fourth-order valence-electron chi connectivity index (χ4n) is 2.85. The van der Waals surface area contributed by atoms with E-state index in [0.29, 0.717) is 39.1 Å². The van der Waals surface area contributed by atoms with Crippen LogP contribution in [0.2, 0.25) is 0 Å². The van der Waals surface area contributed by atoms with Crippen molar-refractivity contribution in [2.45, 2.75) is 66.5 Å².